The van der Waals surface area contributed by atoms with Crippen LogP contribution < -0.4 is 10.6 Å². The summed E-state index contributed by atoms with van der Waals surface area (Å²) in [5, 5.41) is 0. The minimum atomic E-state index is 0.472. The monoisotopic (exact) mass is 224 g/mol. The van der Waals surface area contributed by atoms with Gasteiger partial charge in [-0.25, -0.2) is 9.97 Å². The first-order valence-corrected chi connectivity index (χ1v) is 5.45. The van der Waals surface area contributed by atoms with Gasteiger partial charge in [0.15, 0.2) is 11.6 Å². The Morgan fingerprint density at radius 2 is 2.06 bits per heavy atom. The standard InChI is InChI=1S/C11H20N4O/c1-9(2)8-15(6-7-16-3)11-10(12)13-4-5-14-11/h4-5,9H,6-8H2,1-3H3,(H2,12,13). The molecule has 0 radical (unpaired) electrons. The van der Waals surface area contributed by atoms with E-state index in [9.17, 15) is 0 Å². The van der Waals surface area contributed by atoms with Gasteiger partial charge in [0, 0.05) is 32.6 Å². The number of rotatable bonds is 6. The van der Waals surface area contributed by atoms with E-state index in [1.807, 2.05) is 0 Å². The minimum absolute atomic E-state index is 0.472. The SMILES string of the molecule is COCCN(CC(C)C)c1nccnc1N. The van der Waals surface area contributed by atoms with Crippen LogP contribution in [0.2, 0.25) is 0 Å². The topological polar surface area (TPSA) is 64.3 Å². The zero-order chi connectivity index (χ0) is 12.0. The number of hydrogen-bond donors (Lipinski definition) is 1. The molecule has 16 heavy (non-hydrogen) atoms. The Morgan fingerprint density at radius 3 is 2.62 bits per heavy atom. The largest absolute Gasteiger partial charge is 0.383 e. The highest BCUT2D eigenvalue weighted by Crippen LogP contribution is 2.17. The van der Waals surface area contributed by atoms with Gasteiger partial charge in [-0.1, -0.05) is 13.8 Å². The average molecular weight is 224 g/mol. The van der Waals surface area contributed by atoms with E-state index in [0.29, 0.717) is 18.3 Å². The fraction of sp³-hybridized carbons (Fsp3) is 0.636. The van der Waals surface area contributed by atoms with Crippen LogP contribution in [0.25, 0.3) is 0 Å². The molecule has 1 aromatic heterocycles. The zero-order valence-corrected chi connectivity index (χ0v) is 10.2. The Labute approximate surface area is 96.6 Å². The molecule has 1 aromatic rings. The molecule has 5 nitrogen and oxygen atoms in total. The number of aromatic nitrogens is 2. The maximum Gasteiger partial charge on any atom is 0.171 e. The van der Waals surface area contributed by atoms with E-state index in [0.717, 1.165) is 18.9 Å². The second-order valence-corrected chi connectivity index (χ2v) is 4.10. The predicted octanol–water partition coefficient (Wildman–Crippen LogP) is 1.17. The first kappa shape index (κ1) is 12.7. The molecule has 0 atom stereocenters. The Bertz CT molecular complexity index is 317. The van der Waals surface area contributed by atoms with Crippen molar-refractivity contribution in [3.8, 4) is 0 Å². The van der Waals surface area contributed by atoms with Gasteiger partial charge in [0.25, 0.3) is 0 Å². The van der Waals surface area contributed by atoms with Gasteiger partial charge in [0.05, 0.1) is 6.61 Å². The van der Waals surface area contributed by atoms with Gasteiger partial charge < -0.3 is 15.4 Å². The van der Waals surface area contributed by atoms with Gasteiger partial charge in [0.1, 0.15) is 0 Å². The van der Waals surface area contributed by atoms with Crippen molar-refractivity contribution in [2.75, 3.05) is 37.4 Å². The third-order valence-corrected chi connectivity index (χ3v) is 2.16. The van der Waals surface area contributed by atoms with Crippen LogP contribution in [0.15, 0.2) is 12.4 Å². The van der Waals surface area contributed by atoms with Crippen molar-refractivity contribution < 1.29 is 4.74 Å². The lowest BCUT2D eigenvalue weighted by Gasteiger charge is -2.25. The number of nitrogen functional groups attached to an aromatic ring is 1. The summed E-state index contributed by atoms with van der Waals surface area (Å²) in [7, 11) is 1.69. The molecule has 90 valence electrons. The van der Waals surface area contributed by atoms with E-state index < -0.39 is 0 Å². The van der Waals surface area contributed by atoms with E-state index >= 15 is 0 Å². The molecule has 0 bridgehead atoms. The quantitative estimate of drug-likeness (QED) is 0.785. The van der Waals surface area contributed by atoms with Gasteiger partial charge in [-0.05, 0) is 5.92 Å². The van der Waals surface area contributed by atoms with Crippen LogP contribution in [0, 0.1) is 5.92 Å². The summed E-state index contributed by atoms with van der Waals surface area (Å²) in [5.74, 6) is 1.76. The minimum Gasteiger partial charge on any atom is -0.383 e. The lowest BCUT2D eigenvalue weighted by Crippen LogP contribution is -2.32. The number of ether oxygens (including phenoxy) is 1. The Balaban J connectivity index is 2.78. The summed E-state index contributed by atoms with van der Waals surface area (Å²) < 4.78 is 5.08. The molecule has 0 amide bonds. The molecule has 0 aromatic carbocycles. The van der Waals surface area contributed by atoms with E-state index in [4.69, 9.17) is 10.5 Å². The van der Waals surface area contributed by atoms with Gasteiger partial charge in [-0.3, -0.25) is 0 Å². The molecule has 0 saturated carbocycles. The van der Waals surface area contributed by atoms with Crippen LogP contribution in [0.4, 0.5) is 11.6 Å². The summed E-state index contributed by atoms with van der Waals surface area (Å²) in [6.45, 7) is 6.64. The lowest BCUT2D eigenvalue weighted by molar-refractivity contribution is 0.204. The first-order chi connectivity index (χ1) is 7.65. The van der Waals surface area contributed by atoms with Gasteiger partial charge in [-0.2, -0.15) is 0 Å². The summed E-state index contributed by atoms with van der Waals surface area (Å²) in [6, 6.07) is 0. The first-order valence-electron chi connectivity index (χ1n) is 5.45. The van der Waals surface area contributed by atoms with Crippen molar-refractivity contribution in [1.29, 1.82) is 0 Å². The highest BCUT2D eigenvalue weighted by Gasteiger charge is 2.12. The number of anilines is 2. The van der Waals surface area contributed by atoms with E-state index in [-0.39, 0.29) is 0 Å². The fourth-order valence-electron chi connectivity index (χ4n) is 1.51. The molecule has 1 rings (SSSR count). The van der Waals surface area contributed by atoms with Gasteiger partial charge in [0.2, 0.25) is 0 Å². The second kappa shape index (κ2) is 6.27. The Hall–Kier alpha value is -1.36. The van der Waals surface area contributed by atoms with Crippen LogP contribution in [-0.4, -0.2) is 36.8 Å². The van der Waals surface area contributed by atoms with Crippen molar-refractivity contribution in [3.63, 3.8) is 0 Å². The van der Waals surface area contributed by atoms with Crippen LogP contribution in [-0.2, 0) is 4.74 Å². The average Bonchev–Trinajstić information content (AvgIpc) is 2.24. The number of nitrogens with two attached hydrogens (primary N) is 1. The number of nitrogens with zero attached hydrogens (tertiary/aromatic N) is 3. The van der Waals surface area contributed by atoms with Crippen molar-refractivity contribution >= 4 is 11.6 Å². The molecular weight excluding hydrogens is 204 g/mol. The Morgan fingerprint density at radius 1 is 1.38 bits per heavy atom. The fourth-order valence-corrected chi connectivity index (χ4v) is 1.51. The molecule has 0 saturated heterocycles. The van der Waals surface area contributed by atoms with E-state index in [2.05, 4.69) is 28.7 Å². The number of methoxy groups -OCH3 is 1. The molecule has 0 fully saturated rings. The molecule has 2 N–H and O–H groups in total. The highest BCUT2D eigenvalue weighted by molar-refractivity contribution is 5.57. The molecule has 1 heterocycles. The molecular formula is C11H20N4O. The van der Waals surface area contributed by atoms with E-state index in [1.165, 1.54) is 0 Å². The maximum atomic E-state index is 5.81. The summed E-state index contributed by atoms with van der Waals surface area (Å²) >= 11 is 0. The zero-order valence-electron chi connectivity index (χ0n) is 10.2. The summed E-state index contributed by atoms with van der Waals surface area (Å²) in [5.41, 5.74) is 5.81. The molecule has 0 unspecified atom stereocenters. The third kappa shape index (κ3) is 3.66. The molecule has 0 aliphatic rings. The molecule has 0 aliphatic carbocycles. The predicted molar refractivity (Wildman–Crippen MR) is 65.4 cm³/mol. The summed E-state index contributed by atoms with van der Waals surface area (Å²) in [6.07, 6.45) is 3.26. The van der Waals surface area contributed by atoms with Crippen molar-refractivity contribution in [3.05, 3.63) is 12.4 Å². The molecule has 5 heteroatoms. The van der Waals surface area contributed by atoms with Crippen LogP contribution in [0.5, 0.6) is 0 Å². The molecule has 0 spiro atoms. The molecule has 0 aliphatic heterocycles. The van der Waals surface area contributed by atoms with Gasteiger partial charge in [-0.15, -0.1) is 0 Å². The highest BCUT2D eigenvalue weighted by atomic mass is 16.5. The third-order valence-electron chi connectivity index (χ3n) is 2.16. The Kier molecular flexibility index (Phi) is 4.98. The second-order valence-electron chi connectivity index (χ2n) is 4.10. The van der Waals surface area contributed by atoms with Crippen LogP contribution >= 0.6 is 0 Å². The maximum absolute atomic E-state index is 5.81. The van der Waals surface area contributed by atoms with Crippen LogP contribution in [0.1, 0.15) is 13.8 Å². The normalized spacial score (nSPS) is 10.8. The van der Waals surface area contributed by atoms with Crippen molar-refractivity contribution in [2.45, 2.75) is 13.8 Å². The lowest BCUT2D eigenvalue weighted by atomic mass is 10.2. The number of hydrogen-bond acceptors (Lipinski definition) is 5. The van der Waals surface area contributed by atoms with Crippen LogP contribution in [0.3, 0.4) is 0 Å². The van der Waals surface area contributed by atoms with Crippen molar-refractivity contribution in [1.82, 2.24) is 9.97 Å². The smallest absolute Gasteiger partial charge is 0.171 e. The van der Waals surface area contributed by atoms with Gasteiger partial charge >= 0.3 is 0 Å². The summed E-state index contributed by atoms with van der Waals surface area (Å²) in [4.78, 5) is 10.4. The van der Waals surface area contributed by atoms with Crippen molar-refractivity contribution in [2.24, 2.45) is 5.92 Å². The van der Waals surface area contributed by atoms with E-state index in [1.54, 1.807) is 19.5 Å².